The monoisotopic (exact) mass is 248 g/mol. The van der Waals surface area contributed by atoms with Crippen molar-refractivity contribution < 1.29 is 5.11 Å². The number of β-amino-alcohol motifs (C(OH)–C–C–N with tert-alkyl or cyclic N) is 1. The summed E-state index contributed by atoms with van der Waals surface area (Å²) in [5.41, 5.74) is 0. The number of rotatable bonds is 3. The molecule has 2 fully saturated rings. The minimum absolute atomic E-state index is 0.215. The van der Waals surface area contributed by atoms with Gasteiger partial charge >= 0.3 is 0 Å². The van der Waals surface area contributed by atoms with E-state index < -0.39 is 0 Å². The van der Waals surface area contributed by atoms with E-state index in [1.807, 2.05) is 6.07 Å². The molecule has 2 aliphatic rings. The van der Waals surface area contributed by atoms with E-state index in [1.165, 1.54) is 19.3 Å². The highest BCUT2D eigenvalue weighted by atomic mass is 16.3. The Morgan fingerprint density at radius 2 is 2.17 bits per heavy atom. The van der Waals surface area contributed by atoms with Crippen LogP contribution in [0.5, 0.6) is 0 Å². The fourth-order valence-corrected chi connectivity index (χ4v) is 2.61. The van der Waals surface area contributed by atoms with Gasteiger partial charge in [0.15, 0.2) is 0 Å². The van der Waals surface area contributed by atoms with Crippen LogP contribution in [0.4, 0.5) is 11.6 Å². The van der Waals surface area contributed by atoms with Crippen LogP contribution in [0.2, 0.25) is 0 Å². The fourth-order valence-electron chi connectivity index (χ4n) is 2.61. The van der Waals surface area contributed by atoms with Crippen LogP contribution in [0.15, 0.2) is 12.4 Å². The maximum Gasteiger partial charge on any atom is 0.134 e. The Labute approximate surface area is 107 Å². The molecule has 1 unspecified atom stereocenters. The lowest BCUT2D eigenvalue weighted by atomic mass is 9.92. The highest BCUT2D eigenvalue weighted by Gasteiger charge is 2.25. The molecule has 1 aliphatic heterocycles. The molecule has 1 saturated carbocycles. The second kappa shape index (κ2) is 4.72. The first-order valence-electron chi connectivity index (χ1n) is 6.72. The van der Waals surface area contributed by atoms with Gasteiger partial charge in [-0.2, -0.15) is 0 Å². The molecule has 0 spiro atoms. The van der Waals surface area contributed by atoms with Gasteiger partial charge in [-0.25, -0.2) is 9.97 Å². The molecule has 1 aromatic heterocycles. The molecule has 3 rings (SSSR count). The van der Waals surface area contributed by atoms with Crippen molar-refractivity contribution in [3.05, 3.63) is 12.4 Å². The first-order chi connectivity index (χ1) is 8.74. The van der Waals surface area contributed by atoms with E-state index in [-0.39, 0.29) is 6.10 Å². The van der Waals surface area contributed by atoms with E-state index in [1.54, 1.807) is 6.33 Å². The average Bonchev–Trinajstić information content (AvgIpc) is 2.74. The van der Waals surface area contributed by atoms with Gasteiger partial charge in [-0.15, -0.1) is 0 Å². The number of anilines is 2. The molecule has 1 N–H and O–H groups in total. The van der Waals surface area contributed by atoms with Crippen LogP contribution in [0.1, 0.15) is 25.7 Å². The summed E-state index contributed by atoms with van der Waals surface area (Å²) in [6.45, 7) is 1.56. The van der Waals surface area contributed by atoms with Gasteiger partial charge < -0.3 is 14.9 Å². The molecule has 2 heterocycles. The molecule has 0 aromatic carbocycles. The third-order valence-corrected chi connectivity index (χ3v) is 4.11. The lowest BCUT2D eigenvalue weighted by Crippen LogP contribution is -2.37. The van der Waals surface area contributed by atoms with Crippen LogP contribution in [0.3, 0.4) is 0 Å². The zero-order valence-electron chi connectivity index (χ0n) is 10.8. The van der Waals surface area contributed by atoms with Crippen LogP contribution in [-0.4, -0.2) is 47.4 Å². The minimum Gasteiger partial charge on any atom is -0.391 e. The molecule has 1 saturated heterocycles. The molecule has 1 atom stereocenters. The smallest absolute Gasteiger partial charge is 0.134 e. The van der Waals surface area contributed by atoms with E-state index in [0.717, 1.165) is 24.6 Å². The van der Waals surface area contributed by atoms with Crippen molar-refractivity contribution in [2.75, 3.05) is 29.9 Å². The van der Waals surface area contributed by atoms with E-state index in [9.17, 15) is 5.11 Å². The molecular weight excluding hydrogens is 228 g/mol. The number of aromatic nitrogens is 2. The second-order valence-electron chi connectivity index (χ2n) is 5.32. The van der Waals surface area contributed by atoms with Crippen LogP contribution < -0.4 is 9.80 Å². The molecule has 1 aliphatic carbocycles. The second-order valence-corrected chi connectivity index (χ2v) is 5.32. The van der Waals surface area contributed by atoms with Gasteiger partial charge in [-0.05, 0) is 25.7 Å². The van der Waals surface area contributed by atoms with Gasteiger partial charge in [0.1, 0.15) is 18.0 Å². The van der Waals surface area contributed by atoms with Gasteiger partial charge in [0.2, 0.25) is 0 Å². The summed E-state index contributed by atoms with van der Waals surface area (Å²) in [6, 6.07) is 2.67. The number of aliphatic hydroxyl groups excluding tert-OH is 1. The van der Waals surface area contributed by atoms with Gasteiger partial charge in [0.05, 0.1) is 6.10 Å². The van der Waals surface area contributed by atoms with Crippen LogP contribution in [0, 0.1) is 0 Å². The third-order valence-electron chi connectivity index (χ3n) is 4.11. The summed E-state index contributed by atoms with van der Waals surface area (Å²) in [6.07, 6.45) is 6.09. The zero-order valence-corrected chi connectivity index (χ0v) is 10.8. The van der Waals surface area contributed by atoms with Crippen molar-refractivity contribution in [2.24, 2.45) is 0 Å². The Kier molecular flexibility index (Phi) is 3.07. The Hall–Kier alpha value is -1.36. The van der Waals surface area contributed by atoms with E-state index in [0.29, 0.717) is 12.6 Å². The normalized spacial score (nSPS) is 24.1. The molecule has 98 valence electrons. The summed E-state index contributed by atoms with van der Waals surface area (Å²) in [4.78, 5) is 13.1. The maximum atomic E-state index is 9.58. The Bertz CT molecular complexity index is 404. The third kappa shape index (κ3) is 2.14. The average molecular weight is 248 g/mol. The zero-order chi connectivity index (χ0) is 12.5. The quantitative estimate of drug-likeness (QED) is 0.866. The predicted molar refractivity (Wildman–Crippen MR) is 70.9 cm³/mol. The Morgan fingerprint density at radius 1 is 1.33 bits per heavy atom. The topological polar surface area (TPSA) is 52.5 Å². The van der Waals surface area contributed by atoms with Crippen molar-refractivity contribution in [3.63, 3.8) is 0 Å². The van der Waals surface area contributed by atoms with Gasteiger partial charge in [-0.3, -0.25) is 0 Å². The van der Waals surface area contributed by atoms with Gasteiger partial charge in [0.25, 0.3) is 0 Å². The fraction of sp³-hybridized carbons (Fsp3) is 0.692. The molecule has 18 heavy (non-hydrogen) atoms. The summed E-state index contributed by atoms with van der Waals surface area (Å²) in [5, 5.41) is 9.58. The molecular formula is C13H20N4O. The van der Waals surface area contributed by atoms with Crippen molar-refractivity contribution >= 4 is 11.6 Å². The molecule has 0 radical (unpaired) electrons. The van der Waals surface area contributed by atoms with Crippen LogP contribution in [-0.2, 0) is 0 Å². The van der Waals surface area contributed by atoms with Crippen molar-refractivity contribution in [1.29, 1.82) is 0 Å². The van der Waals surface area contributed by atoms with Crippen molar-refractivity contribution in [1.82, 2.24) is 9.97 Å². The van der Waals surface area contributed by atoms with Crippen molar-refractivity contribution in [2.45, 2.75) is 37.8 Å². The summed E-state index contributed by atoms with van der Waals surface area (Å²) in [5.74, 6) is 1.92. The Balaban J connectivity index is 1.76. The lowest BCUT2D eigenvalue weighted by Gasteiger charge is -2.35. The van der Waals surface area contributed by atoms with Crippen LogP contribution in [0.25, 0.3) is 0 Å². The lowest BCUT2D eigenvalue weighted by molar-refractivity contribution is 0.198. The SMILES string of the molecule is CN(c1cc(N2CCC(O)C2)ncn1)C1CCC1. The molecule has 0 amide bonds. The summed E-state index contributed by atoms with van der Waals surface area (Å²) < 4.78 is 0. The highest BCUT2D eigenvalue weighted by Crippen LogP contribution is 2.28. The van der Waals surface area contributed by atoms with Crippen molar-refractivity contribution in [3.8, 4) is 0 Å². The maximum absolute atomic E-state index is 9.58. The van der Waals surface area contributed by atoms with Crippen LogP contribution >= 0.6 is 0 Å². The summed E-state index contributed by atoms with van der Waals surface area (Å²) in [7, 11) is 2.11. The van der Waals surface area contributed by atoms with E-state index in [2.05, 4.69) is 26.8 Å². The molecule has 0 bridgehead atoms. The number of hydrogen-bond donors (Lipinski definition) is 1. The molecule has 5 heteroatoms. The highest BCUT2D eigenvalue weighted by molar-refractivity contribution is 5.51. The standard InChI is InChI=1S/C13H20N4O/c1-16(10-3-2-4-10)12-7-13(15-9-14-12)17-6-5-11(18)8-17/h7,9-11,18H,2-6,8H2,1H3. The Morgan fingerprint density at radius 3 is 2.78 bits per heavy atom. The first-order valence-corrected chi connectivity index (χ1v) is 6.72. The first kappa shape index (κ1) is 11.7. The number of nitrogens with zero attached hydrogens (tertiary/aromatic N) is 4. The largest absolute Gasteiger partial charge is 0.391 e. The number of hydrogen-bond acceptors (Lipinski definition) is 5. The van der Waals surface area contributed by atoms with Gasteiger partial charge in [0, 0.05) is 32.2 Å². The molecule has 5 nitrogen and oxygen atoms in total. The summed E-state index contributed by atoms with van der Waals surface area (Å²) >= 11 is 0. The number of aliphatic hydroxyl groups is 1. The van der Waals surface area contributed by atoms with E-state index in [4.69, 9.17) is 0 Å². The van der Waals surface area contributed by atoms with E-state index >= 15 is 0 Å². The predicted octanol–water partition coefficient (Wildman–Crippen LogP) is 1.04. The minimum atomic E-state index is -0.215. The van der Waals surface area contributed by atoms with Gasteiger partial charge in [-0.1, -0.05) is 0 Å². The molecule has 1 aromatic rings.